The number of rotatable bonds is 6. The van der Waals surface area contributed by atoms with E-state index >= 15 is 0 Å². The first-order chi connectivity index (χ1) is 20.1. The van der Waals surface area contributed by atoms with Gasteiger partial charge >= 0.3 is 0 Å². The number of nitrogens with one attached hydrogen (secondary N) is 1. The predicted octanol–water partition coefficient (Wildman–Crippen LogP) is -0.306. The number of aliphatic hydroxyl groups is 4. The molecule has 1 aliphatic heterocycles. The number of benzene rings is 1. The van der Waals surface area contributed by atoms with E-state index in [1.807, 2.05) is 0 Å². The van der Waals surface area contributed by atoms with Crippen molar-refractivity contribution >= 4 is 23.2 Å². The minimum atomic E-state index is -2.80. The maximum atomic E-state index is 14.1. The lowest BCUT2D eigenvalue weighted by molar-refractivity contribution is -0.506. The number of piperidine rings is 1. The number of likely N-dealkylation sites (N-methyl/N-ethyl adjacent to an activating group) is 1. The average molecular weight is 605 g/mol. The second-order valence-electron chi connectivity index (χ2n) is 11.9. The quantitative estimate of drug-likeness (QED) is 0.154. The van der Waals surface area contributed by atoms with E-state index in [0.717, 1.165) is 0 Å². The van der Waals surface area contributed by atoms with Crippen molar-refractivity contribution in [2.75, 3.05) is 33.9 Å². The number of fused-ring (bicyclic) bond motifs is 3. The maximum Gasteiger partial charge on any atom is 0.259 e. The molecule has 2 fully saturated rings. The third kappa shape index (κ3) is 4.81. The van der Waals surface area contributed by atoms with Crippen LogP contribution in [0.4, 0.5) is 0 Å². The smallest absolute Gasteiger partial charge is 0.259 e. The van der Waals surface area contributed by atoms with Crippen molar-refractivity contribution in [3.8, 4) is 5.75 Å². The van der Waals surface area contributed by atoms with E-state index in [1.165, 1.54) is 44.1 Å². The van der Waals surface area contributed by atoms with E-state index < -0.39 is 81.1 Å². The molecular formula is C28H36N4O11. The molecule has 1 aromatic carbocycles. The van der Waals surface area contributed by atoms with Crippen LogP contribution in [0.5, 0.6) is 5.75 Å². The summed E-state index contributed by atoms with van der Waals surface area (Å²) in [5, 5.41) is 76.5. The Bertz CT molecular complexity index is 1410. The van der Waals surface area contributed by atoms with E-state index in [1.54, 1.807) is 4.90 Å². The minimum absolute atomic E-state index is 0.0625. The molecule has 1 amide bonds. The normalized spacial score (nSPS) is 31.8. The first-order valence-corrected chi connectivity index (χ1v) is 13.9. The Morgan fingerprint density at radius 3 is 2.37 bits per heavy atom. The highest BCUT2D eigenvalue weighted by Gasteiger charge is 2.66. The van der Waals surface area contributed by atoms with Crippen LogP contribution in [0.1, 0.15) is 37.3 Å². The van der Waals surface area contributed by atoms with Crippen molar-refractivity contribution in [3.63, 3.8) is 0 Å². The van der Waals surface area contributed by atoms with Crippen LogP contribution in [0.15, 0.2) is 35.1 Å². The second-order valence-corrected chi connectivity index (χ2v) is 11.9. The van der Waals surface area contributed by atoms with Gasteiger partial charge in [0.2, 0.25) is 5.78 Å². The number of amides is 1. The van der Waals surface area contributed by atoms with E-state index in [-0.39, 0.29) is 29.6 Å². The summed E-state index contributed by atoms with van der Waals surface area (Å²) in [6.07, 6.45) is 0.123. The van der Waals surface area contributed by atoms with Crippen molar-refractivity contribution < 1.29 is 55.2 Å². The molecule has 5 rings (SSSR count). The van der Waals surface area contributed by atoms with E-state index in [0.29, 0.717) is 25.9 Å². The number of ketones is 2. The zero-order chi connectivity index (χ0) is 31.6. The fraction of sp³-hybridized carbons (Fsp3) is 0.536. The Morgan fingerprint density at radius 2 is 1.77 bits per heavy atom. The van der Waals surface area contributed by atoms with Crippen LogP contribution in [0.25, 0.3) is 5.76 Å². The van der Waals surface area contributed by atoms with Crippen LogP contribution in [0.2, 0.25) is 0 Å². The zero-order valence-electron chi connectivity index (χ0n) is 23.9. The molecule has 1 saturated heterocycles. The topological polar surface area (TPSA) is 224 Å². The van der Waals surface area contributed by atoms with E-state index in [2.05, 4.69) is 5.32 Å². The van der Waals surface area contributed by atoms with Gasteiger partial charge in [0, 0.05) is 30.5 Å². The lowest BCUT2D eigenvalue weighted by Crippen LogP contribution is -2.67. The highest BCUT2D eigenvalue weighted by atomic mass is 17.1. The van der Waals surface area contributed by atoms with Gasteiger partial charge in [-0.15, -0.1) is 0 Å². The fourth-order valence-electron chi connectivity index (χ4n) is 7.06. The predicted molar refractivity (Wildman–Crippen MR) is 145 cm³/mol. The SMILES string of the molecule is CN(C)[C@@H]1C(=O)C(C(=O)NCN2CCC(ON(O)O)CC2)=C(O)[C@@]2(O)C(=O)C3=C(O)c4c(O)cccc4C(C)(O)[C@H]3C[C@@H]12. The lowest BCUT2D eigenvalue weighted by Gasteiger charge is -2.53. The number of nitrogens with zero attached hydrogens (tertiary/aromatic N) is 3. The summed E-state index contributed by atoms with van der Waals surface area (Å²) >= 11 is 0. The van der Waals surface area contributed by atoms with Crippen molar-refractivity contribution in [2.45, 2.75) is 49.5 Å². The molecule has 43 heavy (non-hydrogen) atoms. The molecule has 0 radical (unpaired) electrons. The molecule has 1 saturated carbocycles. The number of Topliss-reactive ketones (excluding diaryl/α,β-unsaturated/α-hetero) is 2. The van der Waals surface area contributed by atoms with Gasteiger partial charge in [-0.25, -0.2) is 4.84 Å². The maximum absolute atomic E-state index is 14.1. The summed E-state index contributed by atoms with van der Waals surface area (Å²) in [6, 6.07) is 2.97. The number of hydrogen-bond donors (Lipinski definition) is 8. The Labute approximate surface area is 246 Å². The molecule has 15 heteroatoms. The van der Waals surface area contributed by atoms with Crippen molar-refractivity contribution in [3.05, 3.63) is 46.2 Å². The number of hydrogen-bond acceptors (Lipinski definition) is 14. The van der Waals surface area contributed by atoms with Crippen LogP contribution < -0.4 is 5.32 Å². The van der Waals surface area contributed by atoms with Crippen LogP contribution in [0, 0.1) is 11.8 Å². The molecule has 1 unspecified atom stereocenters. The average Bonchev–Trinajstić information content (AvgIpc) is 2.92. The van der Waals surface area contributed by atoms with E-state index in [9.17, 15) is 39.9 Å². The Hall–Kier alpha value is -3.41. The standard InChI is InChI=1S/C28H36N4O11/c1-27(39)14-5-4-6-17(33)18(14)22(34)19-15(27)11-16-21(30(2)3)23(35)20(25(37)28(16,40)24(19)36)26(38)29-12-31-9-7-13(8-10-31)43-32(41)42/h4-6,13,15-16,21,33-34,37,39-42H,7-12H2,1-3H3,(H,29,38)/t15-,16-,21-,27?,28-/m0/s1. The molecular weight excluding hydrogens is 568 g/mol. The van der Waals surface area contributed by atoms with Gasteiger partial charge in [-0.2, -0.15) is 0 Å². The Morgan fingerprint density at radius 1 is 1.12 bits per heavy atom. The van der Waals surface area contributed by atoms with Crippen LogP contribution in [-0.4, -0.2) is 120 Å². The molecule has 4 aliphatic rings. The number of carbonyl (C=O) groups is 3. The van der Waals surface area contributed by atoms with Crippen LogP contribution in [-0.2, 0) is 24.8 Å². The van der Waals surface area contributed by atoms with Gasteiger partial charge in [0.05, 0.1) is 35.4 Å². The van der Waals surface area contributed by atoms with Gasteiger partial charge in [0.1, 0.15) is 22.8 Å². The molecule has 0 bridgehead atoms. The summed E-state index contributed by atoms with van der Waals surface area (Å²) in [5.41, 5.74) is -5.87. The van der Waals surface area contributed by atoms with Gasteiger partial charge in [0.25, 0.3) is 5.91 Å². The molecule has 1 heterocycles. The van der Waals surface area contributed by atoms with Crippen molar-refractivity contribution in [1.82, 2.24) is 20.5 Å². The number of likely N-dealkylation sites (tertiary alicyclic amines) is 1. The molecule has 0 spiro atoms. The number of carbonyl (C=O) groups excluding carboxylic acids is 3. The molecule has 234 valence electrons. The highest BCUT2D eigenvalue weighted by Crippen LogP contribution is 2.57. The minimum Gasteiger partial charge on any atom is -0.508 e. The van der Waals surface area contributed by atoms with E-state index in [4.69, 9.17) is 15.3 Å². The summed E-state index contributed by atoms with van der Waals surface area (Å²) in [5.74, 6) is -7.69. The molecule has 15 nitrogen and oxygen atoms in total. The Balaban J connectivity index is 1.50. The molecule has 5 atom stereocenters. The summed E-state index contributed by atoms with van der Waals surface area (Å²) in [4.78, 5) is 49.3. The second kappa shape index (κ2) is 10.9. The molecule has 8 N–H and O–H groups in total. The van der Waals surface area contributed by atoms with Gasteiger partial charge in [0.15, 0.2) is 11.4 Å². The summed E-state index contributed by atoms with van der Waals surface area (Å²) < 4.78 is 0. The number of aliphatic hydroxyl groups excluding tert-OH is 2. The lowest BCUT2D eigenvalue weighted by atomic mass is 9.54. The van der Waals surface area contributed by atoms with Crippen LogP contribution >= 0.6 is 0 Å². The van der Waals surface area contributed by atoms with Gasteiger partial charge in [-0.3, -0.25) is 34.6 Å². The number of phenols is 1. The third-order valence-electron chi connectivity index (χ3n) is 9.24. The zero-order valence-corrected chi connectivity index (χ0v) is 23.9. The monoisotopic (exact) mass is 604 g/mol. The van der Waals surface area contributed by atoms with Gasteiger partial charge in [-0.05, 0) is 51.9 Å². The molecule has 3 aliphatic carbocycles. The first kappa shape index (κ1) is 31.0. The van der Waals surface area contributed by atoms with Crippen LogP contribution in [0.3, 0.4) is 0 Å². The number of phenolic OH excluding ortho intramolecular Hbond substituents is 1. The number of aromatic hydroxyl groups is 1. The van der Waals surface area contributed by atoms with Crippen molar-refractivity contribution in [1.29, 1.82) is 0 Å². The first-order valence-electron chi connectivity index (χ1n) is 13.9. The third-order valence-corrected chi connectivity index (χ3v) is 9.24. The fourth-order valence-corrected chi connectivity index (χ4v) is 7.06. The Kier molecular flexibility index (Phi) is 7.90. The van der Waals surface area contributed by atoms with Gasteiger partial charge in [-0.1, -0.05) is 12.1 Å². The summed E-state index contributed by atoms with van der Waals surface area (Å²) in [7, 11) is 3.04. The molecule has 0 aromatic heterocycles. The van der Waals surface area contributed by atoms with Gasteiger partial charge < -0.3 is 30.8 Å². The largest absolute Gasteiger partial charge is 0.508 e. The molecule has 1 aromatic rings. The summed E-state index contributed by atoms with van der Waals surface area (Å²) in [6.45, 7) is 2.13. The van der Waals surface area contributed by atoms with Crippen molar-refractivity contribution in [2.24, 2.45) is 11.8 Å². The highest BCUT2D eigenvalue weighted by molar-refractivity contribution is 6.25.